The third kappa shape index (κ3) is 3.86. The summed E-state index contributed by atoms with van der Waals surface area (Å²) in [6.45, 7) is 1.46. The molecule has 3 heterocycles. The third-order valence-electron chi connectivity index (χ3n) is 3.85. The van der Waals surface area contributed by atoms with Gasteiger partial charge in [0.15, 0.2) is 0 Å². The second-order valence-electron chi connectivity index (χ2n) is 6.00. The zero-order valence-corrected chi connectivity index (χ0v) is 15.7. The number of carbonyl (C=O) groups is 1. The van der Waals surface area contributed by atoms with E-state index >= 15 is 0 Å². The molecule has 0 saturated heterocycles. The molecule has 0 aliphatic rings. The van der Waals surface area contributed by atoms with Gasteiger partial charge in [0.25, 0.3) is 5.56 Å². The highest BCUT2D eigenvalue weighted by Gasteiger charge is 2.10. The Balaban J connectivity index is 1.65. The summed E-state index contributed by atoms with van der Waals surface area (Å²) in [4.78, 5) is 32.6. The predicted molar refractivity (Wildman–Crippen MR) is 110 cm³/mol. The average molecular weight is 389 g/mol. The van der Waals surface area contributed by atoms with Crippen LogP contribution in [0.2, 0.25) is 0 Å². The van der Waals surface area contributed by atoms with Gasteiger partial charge in [-0.25, -0.2) is 4.98 Å². The van der Waals surface area contributed by atoms with Crippen molar-refractivity contribution in [2.45, 2.75) is 6.92 Å². The first-order valence-electron chi connectivity index (χ1n) is 8.45. The second-order valence-corrected chi connectivity index (χ2v) is 6.96. The largest absolute Gasteiger partial charge is 0.326 e. The van der Waals surface area contributed by atoms with E-state index in [1.54, 1.807) is 30.6 Å². The number of hydrogen-bond donors (Lipinski definition) is 1. The fourth-order valence-electron chi connectivity index (χ4n) is 2.59. The van der Waals surface area contributed by atoms with Crippen LogP contribution in [0.25, 0.3) is 27.7 Å². The van der Waals surface area contributed by atoms with Crippen LogP contribution < -0.4 is 10.9 Å². The van der Waals surface area contributed by atoms with Crippen molar-refractivity contribution in [2.75, 3.05) is 5.32 Å². The SMILES string of the molecule is CC(=O)Nc1ccc(-c2nn3c(=O)cc(C=Cc4cccnc4)nc3s2)cc1. The Kier molecular flexibility index (Phi) is 4.77. The van der Waals surface area contributed by atoms with Crippen molar-refractivity contribution in [3.05, 3.63) is 76.5 Å². The van der Waals surface area contributed by atoms with Crippen LogP contribution >= 0.6 is 11.3 Å². The molecule has 0 aliphatic carbocycles. The minimum Gasteiger partial charge on any atom is -0.326 e. The summed E-state index contributed by atoms with van der Waals surface area (Å²) in [5.74, 6) is -0.129. The molecular formula is C20H15N5O2S. The van der Waals surface area contributed by atoms with Crippen LogP contribution in [-0.4, -0.2) is 25.5 Å². The van der Waals surface area contributed by atoms with E-state index in [1.165, 1.54) is 28.8 Å². The Morgan fingerprint density at radius 3 is 2.71 bits per heavy atom. The van der Waals surface area contributed by atoms with Gasteiger partial charge in [0.05, 0.1) is 5.69 Å². The van der Waals surface area contributed by atoms with Crippen molar-refractivity contribution in [1.82, 2.24) is 19.6 Å². The van der Waals surface area contributed by atoms with Gasteiger partial charge in [-0.1, -0.05) is 23.5 Å². The van der Waals surface area contributed by atoms with Crippen LogP contribution in [0.1, 0.15) is 18.2 Å². The number of benzene rings is 1. The van der Waals surface area contributed by atoms with Crippen LogP contribution in [0.15, 0.2) is 59.7 Å². The average Bonchev–Trinajstić information content (AvgIpc) is 3.12. The molecule has 0 unspecified atom stereocenters. The summed E-state index contributed by atoms with van der Waals surface area (Å²) < 4.78 is 1.29. The summed E-state index contributed by atoms with van der Waals surface area (Å²) >= 11 is 1.33. The number of fused-ring (bicyclic) bond motifs is 1. The van der Waals surface area contributed by atoms with E-state index in [4.69, 9.17) is 0 Å². The van der Waals surface area contributed by atoms with E-state index in [0.29, 0.717) is 21.3 Å². The van der Waals surface area contributed by atoms with E-state index in [-0.39, 0.29) is 11.5 Å². The highest BCUT2D eigenvalue weighted by molar-refractivity contribution is 7.19. The quantitative estimate of drug-likeness (QED) is 0.578. The fourth-order valence-corrected chi connectivity index (χ4v) is 3.50. The van der Waals surface area contributed by atoms with Gasteiger partial charge in [-0.05, 0) is 42.0 Å². The minimum atomic E-state index is -0.242. The lowest BCUT2D eigenvalue weighted by Crippen LogP contribution is -2.14. The molecule has 8 heteroatoms. The van der Waals surface area contributed by atoms with Crippen LogP contribution in [0.4, 0.5) is 5.69 Å². The molecule has 0 fully saturated rings. The van der Waals surface area contributed by atoms with Gasteiger partial charge in [-0.15, -0.1) is 0 Å². The van der Waals surface area contributed by atoms with Gasteiger partial charge >= 0.3 is 0 Å². The third-order valence-corrected chi connectivity index (χ3v) is 4.81. The second kappa shape index (κ2) is 7.53. The Labute approximate surface area is 164 Å². The first-order chi connectivity index (χ1) is 13.6. The Hall–Kier alpha value is -3.65. The Bertz CT molecular complexity index is 1230. The summed E-state index contributed by atoms with van der Waals surface area (Å²) in [7, 11) is 0. The highest BCUT2D eigenvalue weighted by Crippen LogP contribution is 2.25. The molecular weight excluding hydrogens is 374 g/mol. The standard InChI is InChI=1S/C20H15N5O2S/c1-13(26)22-16-8-5-15(6-9-16)19-24-25-18(27)11-17(23-20(25)28-19)7-4-14-3-2-10-21-12-14/h2-12H,1H3,(H,22,26). The van der Waals surface area contributed by atoms with E-state index in [9.17, 15) is 9.59 Å². The first kappa shape index (κ1) is 17.7. The number of anilines is 1. The van der Waals surface area contributed by atoms with Crippen molar-refractivity contribution in [2.24, 2.45) is 0 Å². The summed E-state index contributed by atoms with van der Waals surface area (Å²) in [6, 6.07) is 12.5. The van der Waals surface area contributed by atoms with E-state index in [2.05, 4.69) is 20.4 Å². The molecule has 0 radical (unpaired) electrons. The Morgan fingerprint density at radius 2 is 2.00 bits per heavy atom. The van der Waals surface area contributed by atoms with Crippen molar-refractivity contribution >= 4 is 40.0 Å². The molecule has 0 bridgehead atoms. The molecule has 7 nitrogen and oxygen atoms in total. The smallest absolute Gasteiger partial charge is 0.275 e. The number of amides is 1. The number of aromatic nitrogens is 4. The summed E-state index contributed by atoms with van der Waals surface area (Å²) in [5.41, 5.74) is 2.79. The molecule has 138 valence electrons. The lowest BCUT2D eigenvalue weighted by Gasteiger charge is -2.01. The molecule has 4 aromatic rings. The maximum Gasteiger partial charge on any atom is 0.275 e. The molecule has 28 heavy (non-hydrogen) atoms. The number of pyridine rings is 1. The molecule has 0 aliphatic heterocycles. The van der Waals surface area contributed by atoms with Gasteiger partial charge in [0.1, 0.15) is 5.01 Å². The first-order valence-corrected chi connectivity index (χ1v) is 9.27. The molecule has 0 atom stereocenters. The maximum atomic E-state index is 12.4. The molecule has 1 aromatic carbocycles. The van der Waals surface area contributed by atoms with Crippen molar-refractivity contribution < 1.29 is 4.79 Å². The summed E-state index contributed by atoms with van der Waals surface area (Å²) in [5, 5.41) is 7.76. The van der Waals surface area contributed by atoms with E-state index < -0.39 is 0 Å². The zero-order valence-electron chi connectivity index (χ0n) is 14.9. The number of rotatable bonds is 4. The van der Waals surface area contributed by atoms with Crippen LogP contribution in [-0.2, 0) is 4.79 Å². The van der Waals surface area contributed by atoms with Crippen LogP contribution in [0.3, 0.4) is 0 Å². The van der Waals surface area contributed by atoms with Gasteiger partial charge in [-0.2, -0.15) is 9.61 Å². The topological polar surface area (TPSA) is 89.3 Å². The van der Waals surface area contributed by atoms with E-state index in [1.807, 2.05) is 30.3 Å². The molecule has 0 saturated carbocycles. The minimum absolute atomic E-state index is 0.129. The molecule has 4 rings (SSSR count). The number of nitrogens with zero attached hydrogens (tertiary/aromatic N) is 4. The number of nitrogens with one attached hydrogen (secondary N) is 1. The molecule has 1 amide bonds. The van der Waals surface area contributed by atoms with Gasteiger partial charge < -0.3 is 5.32 Å². The summed E-state index contributed by atoms with van der Waals surface area (Å²) in [6.07, 6.45) is 7.07. The lowest BCUT2D eigenvalue weighted by atomic mass is 10.2. The van der Waals surface area contributed by atoms with Crippen LogP contribution in [0, 0.1) is 0 Å². The van der Waals surface area contributed by atoms with Crippen molar-refractivity contribution in [1.29, 1.82) is 0 Å². The lowest BCUT2D eigenvalue weighted by molar-refractivity contribution is -0.114. The van der Waals surface area contributed by atoms with Crippen molar-refractivity contribution in [3.63, 3.8) is 0 Å². The number of carbonyl (C=O) groups excluding carboxylic acids is 1. The van der Waals surface area contributed by atoms with Gasteiger partial charge in [0.2, 0.25) is 10.9 Å². The molecule has 3 aromatic heterocycles. The predicted octanol–water partition coefficient (Wildman–Crippen LogP) is 3.34. The number of hydrogen-bond acceptors (Lipinski definition) is 6. The normalized spacial score (nSPS) is 11.2. The van der Waals surface area contributed by atoms with Gasteiger partial charge in [0, 0.05) is 36.6 Å². The van der Waals surface area contributed by atoms with Crippen LogP contribution in [0.5, 0.6) is 0 Å². The van der Waals surface area contributed by atoms with Gasteiger partial charge in [-0.3, -0.25) is 14.6 Å². The zero-order chi connectivity index (χ0) is 19.5. The molecule has 0 spiro atoms. The fraction of sp³-hybridized carbons (Fsp3) is 0.0500. The monoisotopic (exact) mass is 389 g/mol. The van der Waals surface area contributed by atoms with Crippen molar-refractivity contribution in [3.8, 4) is 10.6 Å². The highest BCUT2D eigenvalue weighted by atomic mass is 32.1. The van der Waals surface area contributed by atoms with E-state index in [0.717, 1.165) is 11.1 Å². The Morgan fingerprint density at radius 1 is 1.18 bits per heavy atom. The molecule has 1 N–H and O–H groups in total. The maximum absolute atomic E-state index is 12.4.